The molecule has 0 aromatic carbocycles. The monoisotopic (exact) mass is 285 g/mol. The van der Waals surface area contributed by atoms with Crippen LogP contribution < -0.4 is 5.32 Å². The van der Waals surface area contributed by atoms with Crippen LogP contribution >= 0.6 is 0 Å². The number of pyridine rings is 1. The Balaban J connectivity index is 2.39. The number of unbranched alkanes of at least 4 members (excludes halogenated alkanes) is 1. The van der Waals surface area contributed by atoms with E-state index in [1.807, 2.05) is 19.1 Å². The zero-order chi connectivity index (χ0) is 14.1. The van der Waals surface area contributed by atoms with Gasteiger partial charge in [-0.15, -0.1) is 0 Å². The highest BCUT2D eigenvalue weighted by molar-refractivity contribution is 7.89. The fraction of sp³-hybridized carbons (Fsp3) is 0.615. The molecule has 0 fully saturated rings. The third-order valence-corrected chi connectivity index (χ3v) is 4.74. The maximum Gasteiger partial charge on any atom is 0.214 e. The first-order valence-electron chi connectivity index (χ1n) is 6.60. The predicted octanol–water partition coefficient (Wildman–Crippen LogP) is 1.23. The van der Waals surface area contributed by atoms with E-state index >= 15 is 0 Å². The molecule has 1 aromatic rings. The summed E-state index contributed by atoms with van der Waals surface area (Å²) in [5.74, 6) is 0.204. The summed E-state index contributed by atoms with van der Waals surface area (Å²) in [6.45, 7) is 4.22. The number of hydrogen-bond acceptors (Lipinski definition) is 4. The van der Waals surface area contributed by atoms with Gasteiger partial charge in [0.1, 0.15) is 0 Å². The SMILES string of the molecule is CCNCCCCS(=O)(=O)N(C)Cc1cccnc1. The summed E-state index contributed by atoms with van der Waals surface area (Å²) in [5.41, 5.74) is 0.904. The van der Waals surface area contributed by atoms with Crippen molar-refractivity contribution in [3.8, 4) is 0 Å². The second kappa shape index (κ2) is 8.24. The van der Waals surface area contributed by atoms with E-state index in [2.05, 4.69) is 10.3 Å². The highest BCUT2D eigenvalue weighted by Crippen LogP contribution is 2.08. The molecule has 0 saturated heterocycles. The summed E-state index contributed by atoms with van der Waals surface area (Å²) in [6, 6.07) is 3.69. The molecule has 0 amide bonds. The molecule has 0 spiro atoms. The predicted molar refractivity (Wildman–Crippen MR) is 77.3 cm³/mol. The van der Waals surface area contributed by atoms with Crippen LogP contribution in [0.4, 0.5) is 0 Å². The van der Waals surface area contributed by atoms with Gasteiger partial charge in [0.2, 0.25) is 10.0 Å². The average molecular weight is 285 g/mol. The van der Waals surface area contributed by atoms with Gasteiger partial charge in [0.25, 0.3) is 0 Å². The molecule has 0 aliphatic rings. The molecule has 0 aliphatic heterocycles. The number of sulfonamides is 1. The van der Waals surface area contributed by atoms with Crippen molar-refractivity contribution in [3.05, 3.63) is 30.1 Å². The molecule has 6 heteroatoms. The van der Waals surface area contributed by atoms with E-state index in [1.165, 1.54) is 4.31 Å². The van der Waals surface area contributed by atoms with Gasteiger partial charge in [0, 0.05) is 26.0 Å². The molecule has 1 aromatic heterocycles. The third kappa shape index (κ3) is 6.13. The van der Waals surface area contributed by atoms with Crippen molar-refractivity contribution in [2.75, 3.05) is 25.9 Å². The lowest BCUT2D eigenvalue weighted by Gasteiger charge is -2.17. The Labute approximate surface area is 116 Å². The molecule has 0 unspecified atom stereocenters. The zero-order valence-electron chi connectivity index (χ0n) is 11.7. The van der Waals surface area contributed by atoms with Crippen LogP contribution in [0.1, 0.15) is 25.3 Å². The number of nitrogens with zero attached hydrogens (tertiary/aromatic N) is 2. The number of nitrogens with one attached hydrogen (secondary N) is 1. The molecule has 0 saturated carbocycles. The van der Waals surface area contributed by atoms with Gasteiger partial charge in [-0.25, -0.2) is 12.7 Å². The quantitative estimate of drug-likeness (QED) is 0.693. The summed E-state index contributed by atoms with van der Waals surface area (Å²) in [5, 5.41) is 3.19. The van der Waals surface area contributed by atoms with Gasteiger partial charge in [0.15, 0.2) is 0 Å². The van der Waals surface area contributed by atoms with E-state index in [0.29, 0.717) is 13.0 Å². The second-order valence-corrected chi connectivity index (χ2v) is 6.69. The molecule has 0 atom stereocenters. The van der Waals surface area contributed by atoms with Crippen molar-refractivity contribution in [2.24, 2.45) is 0 Å². The van der Waals surface area contributed by atoms with Crippen LogP contribution in [0, 0.1) is 0 Å². The molecule has 5 nitrogen and oxygen atoms in total. The first-order valence-corrected chi connectivity index (χ1v) is 8.21. The molecule has 1 N–H and O–H groups in total. The van der Waals surface area contributed by atoms with Crippen LogP contribution in [-0.2, 0) is 16.6 Å². The summed E-state index contributed by atoms with van der Waals surface area (Å²) in [4.78, 5) is 3.99. The number of rotatable bonds is 9. The first kappa shape index (κ1) is 16.1. The van der Waals surface area contributed by atoms with Gasteiger partial charge in [-0.2, -0.15) is 0 Å². The lowest BCUT2D eigenvalue weighted by Crippen LogP contribution is -2.29. The molecule has 0 aliphatic carbocycles. The van der Waals surface area contributed by atoms with E-state index < -0.39 is 10.0 Å². The Hall–Kier alpha value is -0.980. The minimum atomic E-state index is -3.17. The summed E-state index contributed by atoms with van der Waals surface area (Å²) < 4.78 is 25.5. The molecule has 0 radical (unpaired) electrons. The summed E-state index contributed by atoms with van der Waals surface area (Å²) in [7, 11) is -1.55. The topological polar surface area (TPSA) is 62.3 Å². The molecule has 0 bridgehead atoms. The Morgan fingerprint density at radius 1 is 1.37 bits per heavy atom. The van der Waals surface area contributed by atoms with Gasteiger partial charge in [-0.3, -0.25) is 4.98 Å². The van der Waals surface area contributed by atoms with E-state index in [4.69, 9.17) is 0 Å². The molecule has 19 heavy (non-hydrogen) atoms. The van der Waals surface area contributed by atoms with Gasteiger partial charge in [0.05, 0.1) is 5.75 Å². The minimum Gasteiger partial charge on any atom is -0.317 e. The molecule has 108 valence electrons. The fourth-order valence-corrected chi connectivity index (χ4v) is 2.94. The maximum atomic E-state index is 12.1. The molecule has 1 heterocycles. The van der Waals surface area contributed by atoms with Crippen LogP contribution in [0.2, 0.25) is 0 Å². The normalized spacial score (nSPS) is 11.9. The second-order valence-electron chi connectivity index (χ2n) is 4.49. The molecule has 1 rings (SSSR count). The van der Waals surface area contributed by atoms with E-state index in [0.717, 1.165) is 25.1 Å². The minimum absolute atomic E-state index is 0.204. The van der Waals surface area contributed by atoms with Crippen molar-refractivity contribution in [2.45, 2.75) is 26.3 Å². The van der Waals surface area contributed by atoms with E-state index in [1.54, 1.807) is 19.4 Å². The van der Waals surface area contributed by atoms with Gasteiger partial charge in [-0.1, -0.05) is 13.0 Å². The molecular formula is C13H23N3O2S. The lowest BCUT2D eigenvalue weighted by molar-refractivity contribution is 0.463. The Morgan fingerprint density at radius 3 is 2.79 bits per heavy atom. The smallest absolute Gasteiger partial charge is 0.214 e. The third-order valence-electron chi connectivity index (χ3n) is 2.86. The van der Waals surface area contributed by atoms with Crippen molar-refractivity contribution >= 4 is 10.0 Å². The Kier molecular flexibility index (Phi) is 6.97. The summed E-state index contributed by atoms with van der Waals surface area (Å²) in [6.07, 6.45) is 4.94. The number of hydrogen-bond donors (Lipinski definition) is 1. The van der Waals surface area contributed by atoms with Crippen LogP contribution in [0.3, 0.4) is 0 Å². The van der Waals surface area contributed by atoms with Crippen molar-refractivity contribution in [3.63, 3.8) is 0 Å². The van der Waals surface area contributed by atoms with Crippen molar-refractivity contribution in [1.82, 2.24) is 14.6 Å². The lowest BCUT2D eigenvalue weighted by atomic mass is 10.3. The largest absolute Gasteiger partial charge is 0.317 e. The van der Waals surface area contributed by atoms with Crippen molar-refractivity contribution in [1.29, 1.82) is 0 Å². The fourth-order valence-electron chi connectivity index (χ4n) is 1.71. The van der Waals surface area contributed by atoms with Gasteiger partial charge < -0.3 is 5.32 Å². The average Bonchev–Trinajstić information content (AvgIpc) is 2.39. The van der Waals surface area contributed by atoms with Crippen LogP contribution in [0.5, 0.6) is 0 Å². The highest BCUT2D eigenvalue weighted by atomic mass is 32.2. The highest BCUT2D eigenvalue weighted by Gasteiger charge is 2.17. The van der Waals surface area contributed by atoms with E-state index in [-0.39, 0.29) is 5.75 Å². The van der Waals surface area contributed by atoms with Gasteiger partial charge in [-0.05, 0) is 37.6 Å². The van der Waals surface area contributed by atoms with Crippen molar-refractivity contribution < 1.29 is 8.42 Å². The maximum absolute atomic E-state index is 12.1. The number of aromatic nitrogens is 1. The Morgan fingerprint density at radius 2 is 2.16 bits per heavy atom. The van der Waals surface area contributed by atoms with Crippen LogP contribution in [-0.4, -0.2) is 43.6 Å². The van der Waals surface area contributed by atoms with Crippen LogP contribution in [0.15, 0.2) is 24.5 Å². The van der Waals surface area contributed by atoms with Gasteiger partial charge >= 0.3 is 0 Å². The van der Waals surface area contributed by atoms with E-state index in [9.17, 15) is 8.42 Å². The summed E-state index contributed by atoms with van der Waals surface area (Å²) >= 11 is 0. The Bertz CT molecular complexity index is 448. The standard InChI is InChI=1S/C13H23N3O2S/c1-3-14-8-4-5-10-19(17,18)16(2)12-13-7-6-9-15-11-13/h6-7,9,11,14H,3-5,8,10,12H2,1-2H3. The molecular weight excluding hydrogens is 262 g/mol. The first-order chi connectivity index (χ1) is 9.06. The zero-order valence-corrected chi connectivity index (χ0v) is 12.5. The van der Waals surface area contributed by atoms with Crippen LogP contribution in [0.25, 0.3) is 0 Å².